The van der Waals surface area contributed by atoms with Gasteiger partial charge in [0.2, 0.25) is 5.91 Å². The van der Waals surface area contributed by atoms with Crippen LogP contribution in [0.2, 0.25) is 0 Å². The van der Waals surface area contributed by atoms with Gasteiger partial charge in [-0.2, -0.15) is 0 Å². The molecular formula is C15H28Cl2N4O2. The van der Waals surface area contributed by atoms with Crippen LogP contribution in [-0.2, 0) is 16.1 Å². The van der Waals surface area contributed by atoms with E-state index in [0.717, 1.165) is 24.5 Å². The van der Waals surface area contributed by atoms with Gasteiger partial charge in [-0.1, -0.05) is 6.07 Å². The molecule has 8 heteroatoms. The Kier molecular flexibility index (Phi) is 15.3. The number of halogens is 2. The van der Waals surface area contributed by atoms with Gasteiger partial charge in [0.05, 0.1) is 13.2 Å². The van der Waals surface area contributed by atoms with E-state index in [1.807, 2.05) is 18.3 Å². The van der Waals surface area contributed by atoms with Crippen molar-refractivity contribution in [2.75, 3.05) is 44.8 Å². The first-order chi connectivity index (χ1) is 10.2. The highest BCUT2D eigenvalue weighted by atomic mass is 35.5. The summed E-state index contributed by atoms with van der Waals surface area (Å²) in [5.74, 6) is 0.940. The Balaban J connectivity index is 0. The van der Waals surface area contributed by atoms with Gasteiger partial charge in [-0.15, -0.1) is 24.8 Å². The minimum atomic E-state index is -0.0288. The molecule has 1 heterocycles. The molecule has 2 N–H and O–H groups in total. The predicted octanol–water partition coefficient (Wildman–Crippen LogP) is 1.62. The molecule has 0 saturated heterocycles. The number of ether oxygens (including phenoxy) is 1. The zero-order valence-corrected chi connectivity index (χ0v) is 15.6. The molecule has 1 rings (SSSR count). The third-order valence-electron chi connectivity index (χ3n) is 3.15. The highest BCUT2D eigenvalue weighted by Gasteiger charge is 2.04. The molecule has 1 aromatic rings. The van der Waals surface area contributed by atoms with Crippen molar-refractivity contribution in [1.29, 1.82) is 0 Å². The molecule has 0 saturated carbocycles. The maximum absolute atomic E-state index is 11.6. The van der Waals surface area contributed by atoms with E-state index in [1.165, 1.54) is 0 Å². The van der Waals surface area contributed by atoms with E-state index in [9.17, 15) is 4.79 Å². The molecule has 0 unspecified atom stereocenters. The minimum Gasteiger partial charge on any atom is -0.383 e. The Morgan fingerprint density at radius 3 is 2.48 bits per heavy atom. The van der Waals surface area contributed by atoms with Crippen molar-refractivity contribution < 1.29 is 9.53 Å². The number of nitrogens with zero attached hydrogens (tertiary/aromatic N) is 2. The van der Waals surface area contributed by atoms with Crippen LogP contribution < -0.4 is 15.5 Å². The molecule has 0 atom stereocenters. The van der Waals surface area contributed by atoms with Crippen molar-refractivity contribution >= 4 is 36.5 Å². The number of hydrogen-bond acceptors (Lipinski definition) is 5. The number of pyridine rings is 1. The first-order valence-corrected chi connectivity index (χ1v) is 7.37. The number of amides is 1. The van der Waals surface area contributed by atoms with Crippen LogP contribution in [0.1, 0.15) is 19.4 Å². The van der Waals surface area contributed by atoms with Crippen molar-refractivity contribution in [2.45, 2.75) is 20.4 Å². The Hall–Kier alpha value is -1.08. The van der Waals surface area contributed by atoms with Gasteiger partial charge in [-0.25, -0.2) is 4.98 Å². The molecule has 0 bridgehead atoms. The molecular weight excluding hydrogens is 339 g/mol. The summed E-state index contributed by atoms with van der Waals surface area (Å²) in [6, 6.07) is 3.99. The lowest BCUT2D eigenvalue weighted by molar-refractivity contribution is -0.120. The summed E-state index contributed by atoms with van der Waals surface area (Å²) in [6.07, 6.45) is 1.81. The molecule has 1 amide bonds. The second-order valence-corrected chi connectivity index (χ2v) is 4.64. The molecule has 0 aromatic carbocycles. The Morgan fingerprint density at radius 1 is 1.26 bits per heavy atom. The van der Waals surface area contributed by atoms with E-state index in [2.05, 4.69) is 34.4 Å². The van der Waals surface area contributed by atoms with Crippen molar-refractivity contribution in [2.24, 2.45) is 0 Å². The topological polar surface area (TPSA) is 66.5 Å². The maximum atomic E-state index is 11.6. The van der Waals surface area contributed by atoms with Crippen LogP contribution in [0.4, 0.5) is 5.82 Å². The van der Waals surface area contributed by atoms with E-state index in [1.54, 1.807) is 7.11 Å². The summed E-state index contributed by atoms with van der Waals surface area (Å²) in [5, 5.41) is 5.86. The SMILES string of the molecule is CCN(CC)c1ccc(CNC(=O)CNCCOC)cn1.Cl.Cl. The number of carbonyl (C=O) groups is 1. The van der Waals surface area contributed by atoms with Crippen LogP contribution >= 0.6 is 24.8 Å². The van der Waals surface area contributed by atoms with Gasteiger partial charge in [-0.05, 0) is 25.5 Å². The lowest BCUT2D eigenvalue weighted by atomic mass is 10.2. The van der Waals surface area contributed by atoms with Crippen molar-refractivity contribution in [3.8, 4) is 0 Å². The minimum absolute atomic E-state index is 0. The van der Waals surface area contributed by atoms with Crippen LogP contribution in [0.25, 0.3) is 0 Å². The first kappa shape index (κ1) is 24.2. The van der Waals surface area contributed by atoms with Crippen LogP contribution in [0.15, 0.2) is 18.3 Å². The van der Waals surface area contributed by atoms with Crippen molar-refractivity contribution in [1.82, 2.24) is 15.6 Å². The van der Waals surface area contributed by atoms with E-state index in [0.29, 0.717) is 26.2 Å². The summed E-state index contributed by atoms with van der Waals surface area (Å²) in [4.78, 5) is 18.2. The summed E-state index contributed by atoms with van der Waals surface area (Å²) >= 11 is 0. The normalized spacial score (nSPS) is 9.52. The smallest absolute Gasteiger partial charge is 0.234 e. The quantitative estimate of drug-likeness (QED) is 0.616. The average Bonchev–Trinajstić information content (AvgIpc) is 2.52. The molecule has 0 aliphatic heterocycles. The molecule has 0 fully saturated rings. The number of methoxy groups -OCH3 is 1. The molecule has 0 radical (unpaired) electrons. The fraction of sp³-hybridized carbons (Fsp3) is 0.600. The van der Waals surface area contributed by atoms with Crippen molar-refractivity contribution in [3.63, 3.8) is 0 Å². The van der Waals surface area contributed by atoms with E-state index < -0.39 is 0 Å². The van der Waals surface area contributed by atoms with Gasteiger partial charge in [0.25, 0.3) is 0 Å². The van der Waals surface area contributed by atoms with E-state index in [-0.39, 0.29) is 30.7 Å². The van der Waals surface area contributed by atoms with Crippen molar-refractivity contribution in [3.05, 3.63) is 23.9 Å². The zero-order chi connectivity index (χ0) is 15.5. The molecule has 23 heavy (non-hydrogen) atoms. The molecule has 0 aliphatic rings. The van der Waals surface area contributed by atoms with Gasteiger partial charge in [0.15, 0.2) is 0 Å². The molecule has 134 valence electrons. The van der Waals surface area contributed by atoms with Gasteiger partial charge in [0.1, 0.15) is 5.82 Å². The number of rotatable bonds is 10. The Labute approximate surface area is 151 Å². The van der Waals surface area contributed by atoms with Gasteiger partial charge in [-0.3, -0.25) is 4.79 Å². The lowest BCUT2D eigenvalue weighted by Crippen LogP contribution is -2.34. The molecule has 0 spiro atoms. The standard InChI is InChI=1S/C15H26N4O2.2ClH/c1-4-19(5-2)14-7-6-13(10-17-14)11-18-15(20)12-16-8-9-21-3;;/h6-7,10,16H,4-5,8-9,11-12H2,1-3H3,(H,18,20);2*1H. The van der Waals surface area contributed by atoms with Gasteiger partial charge < -0.3 is 20.3 Å². The lowest BCUT2D eigenvalue weighted by Gasteiger charge is -2.19. The maximum Gasteiger partial charge on any atom is 0.234 e. The summed E-state index contributed by atoms with van der Waals surface area (Å²) in [5.41, 5.74) is 0.996. The zero-order valence-electron chi connectivity index (χ0n) is 14.0. The monoisotopic (exact) mass is 366 g/mol. The summed E-state index contributed by atoms with van der Waals surface area (Å²) in [7, 11) is 1.64. The highest BCUT2D eigenvalue weighted by molar-refractivity contribution is 5.85. The molecule has 0 aliphatic carbocycles. The highest BCUT2D eigenvalue weighted by Crippen LogP contribution is 2.10. The van der Waals surface area contributed by atoms with Crippen LogP contribution in [0.5, 0.6) is 0 Å². The molecule has 1 aromatic heterocycles. The second kappa shape index (κ2) is 14.5. The Bertz CT molecular complexity index is 414. The van der Waals surface area contributed by atoms with Crippen LogP contribution in [0.3, 0.4) is 0 Å². The van der Waals surface area contributed by atoms with Crippen LogP contribution in [-0.4, -0.2) is 50.8 Å². The molecule has 6 nitrogen and oxygen atoms in total. The van der Waals surface area contributed by atoms with Crippen LogP contribution in [0, 0.1) is 0 Å². The number of nitrogens with one attached hydrogen (secondary N) is 2. The average molecular weight is 367 g/mol. The van der Waals surface area contributed by atoms with E-state index >= 15 is 0 Å². The number of hydrogen-bond donors (Lipinski definition) is 2. The first-order valence-electron chi connectivity index (χ1n) is 7.37. The number of aromatic nitrogens is 1. The number of carbonyl (C=O) groups excluding carboxylic acids is 1. The van der Waals surface area contributed by atoms with E-state index in [4.69, 9.17) is 4.74 Å². The third kappa shape index (κ3) is 9.61. The fourth-order valence-corrected chi connectivity index (χ4v) is 1.90. The Morgan fingerprint density at radius 2 is 1.96 bits per heavy atom. The van der Waals surface area contributed by atoms with Gasteiger partial charge >= 0.3 is 0 Å². The fourth-order valence-electron chi connectivity index (χ4n) is 1.90. The third-order valence-corrected chi connectivity index (χ3v) is 3.15. The largest absolute Gasteiger partial charge is 0.383 e. The number of anilines is 1. The summed E-state index contributed by atoms with van der Waals surface area (Å²) in [6.45, 7) is 8.16. The van der Waals surface area contributed by atoms with Gasteiger partial charge in [0, 0.05) is 39.5 Å². The summed E-state index contributed by atoms with van der Waals surface area (Å²) < 4.78 is 4.90. The second-order valence-electron chi connectivity index (χ2n) is 4.64. The predicted molar refractivity (Wildman–Crippen MR) is 98.9 cm³/mol.